The number of alkyl halides is 3. The van der Waals surface area contributed by atoms with Gasteiger partial charge in [-0.3, -0.25) is 0 Å². The molecule has 0 unspecified atom stereocenters. The third kappa shape index (κ3) is 4.60. The molecule has 7 nitrogen and oxygen atoms in total. The second-order valence-electron chi connectivity index (χ2n) is 6.09. The van der Waals surface area contributed by atoms with E-state index in [-0.39, 0.29) is 23.4 Å². The van der Waals surface area contributed by atoms with Gasteiger partial charge in [0.1, 0.15) is 11.6 Å². The third-order valence-electron chi connectivity index (χ3n) is 3.88. The summed E-state index contributed by atoms with van der Waals surface area (Å²) in [7, 11) is 0. The maximum atomic E-state index is 12.3. The molecule has 4 aromatic rings. The fourth-order valence-electron chi connectivity index (χ4n) is 2.58. The third-order valence-corrected chi connectivity index (χ3v) is 4.34. The van der Waals surface area contributed by atoms with E-state index in [0.717, 1.165) is 22.2 Å². The summed E-state index contributed by atoms with van der Waals surface area (Å²) in [5, 5.41) is 12.2. The summed E-state index contributed by atoms with van der Waals surface area (Å²) in [4.78, 5) is 4.34. The van der Waals surface area contributed by atoms with Crippen LogP contribution >= 0.6 is 15.9 Å². The van der Waals surface area contributed by atoms with Gasteiger partial charge in [0.15, 0.2) is 0 Å². The number of hydrogen-bond acceptors (Lipinski definition) is 6. The van der Waals surface area contributed by atoms with Gasteiger partial charge in [-0.05, 0) is 37.3 Å². The molecule has 0 saturated carbocycles. The van der Waals surface area contributed by atoms with Crippen molar-refractivity contribution in [1.82, 2.24) is 25.0 Å². The predicted octanol–water partition coefficient (Wildman–Crippen LogP) is 4.61. The van der Waals surface area contributed by atoms with Gasteiger partial charge >= 0.3 is 6.36 Å². The highest BCUT2D eigenvalue weighted by Gasteiger charge is 2.31. The van der Waals surface area contributed by atoms with Gasteiger partial charge in [-0.25, -0.2) is 9.67 Å². The molecule has 0 saturated heterocycles. The Morgan fingerprint density at radius 1 is 1.17 bits per heavy atom. The molecule has 4 rings (SSSR count). The molecule has 2 aromatic heterocycles. The molecular formula is C19H11BrF3N5O2. The Morgan fingerprint density at radius 2 is 1.90 bits per heavy atom. The second kappa shape index (κ2) is 7.79. The fourth-order valence-corrected chi connectivity index (χ4v) is 2.97. The minimum absolute atomic E-state index is 0.0900. The monoisotopic (exact) mass is 477 g/mol. The van der Waals surface area contributed by atoms with Crippen molar-refractivity contribution < 1.29 is 22.3 Å². The standard InChI is InChI=1S/C19H11BrF3N5O2/c1-11-24-16(27-28(11)10-12-3-2-4-14(20)9-12)18-26-25-17(29-18)13-5-7-15(8-6-13)30-19(21,22)23/h4-9H,10H2,1H3. The van der Waals surface area contributed by atoms with E-state index in [1.165, 1.54) is 12.1 Å². The molecule has 0 atom stereocenters. The average molecular weight is 478 g/mol. The zero-order valence-corrected chi connectivity index (χ0v) is 16.8. The Bertz CT molecular complexity index is 1170. The van der Waals surface area contributed by atoms with Crippen molar-refractivity contribution in [2.45, 2.75) is 19.8 Å². The van der Waals surface area contributed by atoms with Crippen molar-refractivity contribution in [3.63, 3.8) is 0 Å². The van der Waals surface area contributed by atoms with Crippen LogP contribution in [0.2, 0.25) is 0 Å². The first-order valence-electron chi connectivity index (χ1n) is 8.46. The molecule has 0 spiro atoms. The van der Waals surface area contributed by atoms with Crippen molar-refractivity contribution in [2.75, 3.05) is 0 Å². The lowest BCUT2D eigenvalue weighted by molar-refractivity contribution is -0.274. The molecule has 0 radical (unpaired) electrons. The van der Waals surface area contributed by atoms with Crippen molar-refractivity contribution >= 4 is 15.9 Å². The minimum Gasteiger partial charge on any atom is -0.413 e. The number of halogens is 4. The summed E-state index contributed by atoms with van der Waals surface area (Å²) >= 11 is 3.39. The van der Waals surface area contributed by atoms with E-state index < -0.39 is 6.36 Å². The van der Waals surface area contributed by atoms with Gasteiger partial charge in [0.05, 0.1) is 6.54 Å². The second-order valence-corrected chi connectivity index (χ2v) is 7.01. The molecule has 0 N–H and O–H groups in total. The molecule has 0 amide bonds. The Hall–Kier alpha value is -3.39. The van der Waals surface area contributed by atoms with E-state index in [0.29, 0.717) is 17.9 Å². The number of rotatable bonds is 5. The summed E-state index contributed by atoms with van der Waals surface area (Å²) in [6, 6.07) is 14.6. The van der Waals surface area contributed by atoms with Crippen LogP contribution in [0.1, 0.15) is 11.4 Å². The van der Waals surface area contributed by atoms with Crippen molar-refractivity contribution in [2.24, 2.45) is 0 Å². The van der Waals surface area contributed by atoms with Crippen LogP contribution in [0.5, 0.6) is 5.75 Å². The lowest BCUT2D eigenvalue weighted by atomic mass is 10.2. The summed E-state index contributed by atoms with van der Waals surface area (Å²) in [6.07, 6.45) is -4.76. The van der Waals surface area contributed by atoms with E-state index in [1.807, 2.05) is 6.07 Å². The van der Waals surface area contributed by atoms with E-state index in [9.17, 15) is 13.2 Å². The summed E-state index contributed by atoms with van der Waals surface area (Å²) in [6.45, 7) is 2.21. The van der Waals surface area contributed by atoms with Crippen LogP contribution in [0.3, 0.4) is 0 Å². The van der Waals surface area contributed by atoms with Crippen molar-refractivity contribution in [1.29, 1.82) is 0 Å². The Morgan fingerprint density at radius 3 is 2.60 bits per heavy atom. The van der Waals surface area contributed by atoms with Crippen LogP contribution in [0.15, 0.2) is 45.3 Å². The van der Waals surface area contributed by atoms with Crippen LogP contribution in [-0.2, 0) is 6.54 Å². The summed E-state index contributed by atoms with van der Waals surface area (Å²) < 4.78 is 48.8. The first-order chi connectivity index (χ1) is 14.3. The highest BCUT2D eigenvalue weighted by Crippen LogP contribution is 2.27. The van der Waals surface area contributed by atoms with E-state index in [2.05, 4.69) is 53.1 Å². The molecule has 11 heteroatoms. The predicted molar refractivity (Wildman–Crippen MR) is 101 cm³/mol. The first kappa shape index (κ1) is 19.9. The Labute approximate surface area is 176 Å². The highest BCUT2D eigenvalue weighted by molar-refractivity contribution is 9.10. The number of hydrogen-bond donors (Lipinski definition) is 0. The number of aromatic nitrogens is 5. The molecule has 152 valence electrons. The van der Waals surface area contributed by atoms with Gasteiger partial charge < -0.3 is 9.15 Å². The quantitative estimate of drug-likeness (QED) is 0.417. The smallest absolute Gasteiger partial charge is 0.413 e. The van der Waals surface area contributed by atoms with E-state index in [1.54, 1.807) is 17.7 Å². The van der Waals surface area contributed by atoms with Crippen LogP contribution in [0, 0.1) is 19.1 Å². The zero-order valence-electron chi connectivity index (χ0n) is 15.2. The van der Waals surface area contributed by atoms with Crippen LogP contribution in [-0.4, -0.2) is 31.3 Å². The van der Waals surface area contributed by atoms with E-state index in [4.69, 9.17) is 4.42 Å². The Kier molecular flexibility index (Phi) is 5.17. The molecule has 0 aliphatic heterocycles. The number of ether oxygens (including phenoxy) is 1. The molecule has 0 aliphatic carbocycles. The normalized spacial score (nSPS) is 11.4. The van der Waals surface area contributed by atoms with Crippen molar-refractivity contribution in [3.8, 4) is 28.9 Å². The maximum Gasteiger partial charge on any atom is 0.573 e. The molecule has 0 fully saturated rings. The highest BCUT2D eigenvalue weighted by atomic mass is 79.9. The van der Waals surface area contributed by atoms with Gasteiger partial charge in [-0.1, -0.05) is 28.1 Å². The largest absolute Gasteiger partial charge is 0.573 e. The number of benzene rings is 1. The van der Waals surface area contributed by atoms with Gasteiger partial charge in [-0.2, -0.15) is 0 Å². The van der Waals surface area contributed by atoms with Gasteiger partial charge in [0.25, 0.3) is 5.89 Å². The zero-order chi connectivity index (χ0) is 21.3. The van der Waals surface area contributed by atoms with Crippen LogP contribution in [0.25, 0.3) is 23.2 Å². The van der Waals surface area contributed by atoms with Crippen molar-refractivity contribution in [3.05, 3.63) is 64.4 Å². The molecule has 2 heterocycles. The lowest BCUT2D eigenvalue weighted by Gasteiger charge is -2.08. The topological polar surface area (TPSA) is 78.9 Å². The number of nitrogens with zero attached hydrogens (tertiary/aromatic N) is 5. The first-order valence-corrected chi connectivity index (χ1v) is 9.25. The SMILES string of the molecule is Cc1nc(-c2nnc(-c3ccc(OC(F)(F)F)cc3)o2)nn1Cc1c#ccc(Br)c1. The molecule has 2 aromatic carbocycles. The molecule has 0 aliphatic rings. The maximum absolute atomic E-state index is 12.3. The molecule has 0 bridgehead atoms. The van der Waals surface area contributed by atoms with Gasteiger partial charge in [0, 0.05) is 21.7 Å². The Balaban J connectivity index is 1.53. The van der Waals surface area contributed by atoms with Gasteiger partial charge in [-0.15, -0.1) is 28.5 Å². The van der Waals surface area contributed by atoms with Gasteiger partial charge in [0.2, 0.25) is 11.7 Å². The average Bonchev–Trinajstić information content (AvgIpc) is 3.29. The molecular weight excluding hydrogens is 467 g/mol. The minimum atomic E-state index is -4.76. The van der Waals surface area contributed by atoms with E-state index >= 15 is 0 Å². The lowest BCUT2D eigenvalue weighted by Crippen LogP contribution is -2.16. The van der Waals surface area contributed by atoms with Crippen LogP contribution in [0.4, 0.5) is 13.2 Å². The van der Waals surface area contributed by atoms with Crippen LogP contribution < -0.4 is 4.74 Å². The number of aryl methyl sites for hydroxylation is 1. The fraction of sp³-hybridized carbons (Fsp3) is 0.158. The summed E-state index contributed by atoms with van der Waals surface area (Å²) in [5.74, 6) is 0.734. The summed E-state index contributed by atoms with van der Waals surface area (Å²) in [5.41, 5.74) is 1.29. The molecule has 30 heavy (non-hydrogen) atoms.